The van der Waals surface area contributed by atoms with Crippen molar-refractivity contribution in [2.45, 2.75) is 12.0 Å². The molecule has 4 aromatic carbocycles. The molecule has 0 aromatic heterocycles. The van der Waals surface area contributed by atoms with Crippen molar-refractivity contribution in [1.29, 1.82) is 0 Å². The minimum Gasteiger partial charge on any atom is -0.481 e. The highest BCUT2D eigenvalue weighted by Crippen LogP contribution is 2.47. The highest BCUT2D eigenvalue weighted by Gasteiger charge is 2.41. The number of carbonyl (C=O) groups is 1. The van der Waals surface area contributed by atoms with Crippen LogP contribution in [0.25, 0.3) is 10.8 Å². The Hall–Kier alpha value is -3.10. The fourth-order valence-corrected chi connectivity index (χ4v) is 4.16. The second kappa shape index (κ2) is 6.81. The van der Waals surface area contributed by atoms with Crippen LogP contribution in [0.3, 0.4) is 0 Å². The van der Waals surface area contributed by atoms with E-state index in [0.717, 1.165) is 27.6 Å². The van der Waals surface area contributed by atoms with Crippen molar-refractivity contribution in [3.05, 3.63) is 113 Å². The van der Waals surface area contributed by atoms with E-state index in [9.17, 15) is 4.79 Å². The summed E-state index contributed by atoms with van der Waals surface area (Å²) in [6.45, 7) is 0. The lowest BCUT2D eigenvalue weighted by molar-refractivity contribution is 0.0807. The zero-order chi connectivity index (χ0) is 19.1. The van der Waals surface area contributed by atoms with Crippen molar-refractivity contribution < 1.29 is 9.53 Å². The summed E-state index contributed by atoms with van der Waals surface area (Å²) >= 11 is 6.11. The molecule has 1 aliphatic heterocycles. The maximum absolute atomic E-state index is 13.4. The van der Waals surface area contributed by atoms with Gasteiger partial charge >= 0.3 is 0 Å². The van der Waals surface area contributed by atoms with Crippen LogP contribution in [0.2, 0.25) is 5.02 Å². The van der Waals surface area contributed by atoms with Crippen LogP contribution >= 0.6 is 11.6 Å². The molecular weight excluding hydrogens is 368 g/mol. The Morgan fingerprint density at radius 2 is 1.50 bits per heavy atom. The Labute approximate surface area is 168 Å². The first-order valence-electron chi connectivity index (χ1n) is 9.25. The molecule has 0 unspecified atom stereocenters. The molecule has 0 radical (unpaired) electrons. The van der Waals surface area contributed by atoms with Gasteiger partial charge in [0.15, 0.2) is 6.10 Å². The molecule has 0 spiro atoms. The van der Waals surface area contributed by atoms with Crippen molar-refractivity contribution in [1.82, 2.24) is 0 Å². The summed E-state index contributed by atoms with van der Waals surface area (Å²) in [5, 5.41) is 2.92. The predicted molar refractivity (Wildman–Crippen MR) is 112 cm³/mol. The first-order valence-corrected chi connectivity index (χ1v) is 9.63. The average Bonchev–Trinajstić information content (AvgIpc) is 3.14. The van der Waals surface area contributed by atoms with Crippen molar-refractivity contribution in [3.8, 4) is 5.75 Å². The predicted octanol–water partition coefficient (Wildman–Crippen LogP) is 6.27. The molecule has 28 heavy (non-hydrogen) atoms. The first-order chi connectivity index (χ1) is 13.7. The summed E-state index contributed by atoms with van der Waals surface area (Å²) in [6.07, 6.45) is -0.607. The van der Waals surface area contributed by atoms with E-state index in [-0.39, 0.29) is 11.7 Å². The largest absolute Gasteiger partial charge is 0.481 e. The Kier molecular flexibility index (Phi) is 4.14. The van der Waals surface area contributed by atoms with Crippen LogP contribution in [0.1, 0.15) is 27.4 Å². The number of ether oxygens (including phenoxy) is 1. The lowest BCUT2D eigenvalue weighted by atomic mass is 9.83. The third-order valence-electron chi connectivity index (χ3n) is 5.34. The number of hydrogen-bond acceptors (Lipinski definition) is 2. The number of halogens is 1. The van der Waals surface area contributed by atoms with Crippen LogP contribution in [-0.2, 0) is 0 Å². The zero-order valence-electron chi connectivity index (χ0n) is 15.0. The fraction of sp³-hybridized carbons (Fsp3) is 0.0800. The molecule has 4 aromatic rings. The van der Waals surface area contributed by atoms with Crippen LogP contribution in [0.5, 0.6) is 5.75 Å². The van der Waals surface area contributed by atoms with Crippen LogP contribution in [0, 0.1) is 0 Å². The number of carbonyl (C=O) groups excluding carboxylic acids is 1. The summed E-state index contributed by atoms with van der Waals surface area (Å²) in [5.74, 6) is 0.569. The Balaban J connectivity index is 1.70. The minimum atomic E-state index is -0.607. The van der Waals surface area contributed by atoms with Crippen molar-refractivity contribution in [3.63, 3.8) is 0 Å². The van der Waals surface area contributed by atoms with Crippen molar-refractivity contribution >= 4 is 28.2 Å². The first kappa shape index (κ1) is 17.0. The number of ketones is 1. The quantitative estimate of drug-likeness (QED) is 0.389. The normalized spacial score (nSPS) is 17.9. The van der Waals surface area contributed by atoms with Crippen molar-refractivity contribution in [2.24, 2.45) is 0 Å². The highest BCUT2D eigenvalue weighted by atomic mass is 35.5. The number of hydrogen-bond donors (Lipinski definition) is 0. The van der Waals surface area contributed by atoms with Gasteiger partial charge < -0.3 is 4.74 Å². The van der Waals surface area contributed by atoms with Crippen LogP contribution < -0.4 is 4.74 Å². The molecule has 3 heteroatoms. The second-order valence-electron chi connectivity index (χ2n) is 7.00. The number of rotatable bonds is 3. The van der Waals surface area contributed by atoms with Gasteiger partial charge in [0.25, 0.3) is 0 Å². The fourth-order valence-electron chi connectivity index (χ4n) is 4.04. The van der Waals surface area contributed by atoms with Gasteiger partial charge in [-0.25, -0.2) is 0 Å². The molecule has 0 saturated heterocycles. The van der Waals surface area contributed by atoms with Gasteiger partial charge in [-0.05, 0) is 34.5 Å². The van der Waals surface area contributed by atoms with E-state index in [0.29, 0.717) is 10.6 Å². The number of Topliss-reactive ketones (excluding diaryl/α,β-unsaturated/α-hetero) is 1. The van der Waals surface area contributed by atoms with E-state index < -0.39 is 6.10 Å². The molecule has 0 bridgehead atoms. The van der Waals surface area contributed by atoms with Crippen LogP contribution in [0.4, 0.5) is 0 Å². The lowest BCUT2D eigenvalue weighted by Crippen LogP contribution is -2.30. The molecule has 5 rings (SSSR count). The van der Waals surface area contributed by atoms with Gasteiger partial charge in [-0.2, -0.15) is 0 Å². The van der Waals surface area contributed by atoms with E-state index in [1.165, 1.54) is 0 Å². The molecule has 0 fully saturated rings. The third kappa shape index (κ3) is 2.78. The second-order valence-corrected chi connectivity index (χ2v) is 7.43. The van der Waals surface area contributed by atoms with Gasteiger partial charge in [-0.15, -0.1) is 0 Å². The van der Waals surface area contributed by atoms with E-state index in [1.54, 1.807) is 0 Å². The number of fused-ring (bicyclic) bond motifs is 3. The van der Waals surface area contributed by atoms with Gasteiger partial charge in [0, 0.05) is 16.1 Å². The van der Waals surface area contributed by atoms with E-state index in [2.05, 4.69) is 12.1 Å². The Morgan fingerprint density at radius 3 is 2.29 bits per heavy atom. The summed E-state index contributed by atoms with van der Waals surface area (Å²) in [5.41, 5.74) is 2.74. The average molecular weight is 385 g/mol. The summed E-state index contributed by atoms with van der Waals surface area (Å²) in [7, 11) is 0. The molecule has 2 nitrogen and oxygen atoms in total. The zero-order valence-corrected chi connectivity index (χ0v) is 15.8. The monoisotopic (exact) mass is 384 g/mol. The highest BCUT2D eigenvalue weighted by molar-refractivity contribution is 6.30. The molecule has 2 atom stereocenters. The van der Waals surface area contributed by atoms with Crippen molar-refractivity contribution in [2.75, 3.05) is 0 Å². The Morgan fingerprint density at radius 1 is 0.786 bits per heavy atom. The molecule has 0 saturated carbocycles. The smallest absolute Gasteiger partial charge is 0.204 e. The maximum Gasteiger partial charge on any atom is 0.204 e. The maximum atomic E-state index is 13.4. The molecule has 0 amide bonds. The molecular formula is C25H17ClO2. The van der Waals surface area contributed by atoms with Crippen LogP contribution in [0.15, 0.2) is 91.0 Å². The van der Waals surface area contributed by atoms with Gasteiger partial charge in [0.1, 0.15) is 5.75 Å². The standard InChI is InChI=1S/C25H17ClO2/c26-19-13-10-17(11-14-19)22-23-20-9-5-4-6-16(20)12-15-21(23)28-25(22)24(27)18-7-2-1-3-8-18/h1-15,22,25H/t22-,25-/m0/s1. The molecule has 1 heterocycles. The van der Waals surface area contributed by atoms with E-state index in [4.69, 9.17) is 16.3 Å². The topological polar surface area (TPSA) is 26.3 Å². The third-order valence-corrected chi connectivity index (χ3v) is 5.60. The van der Waals surface area contributed by atoms with E-state index in [1.807, 2.05) is 78.9 Å². The molecule has 1 aliphatic rings. The molecule has 0 aliphatic carbocycles. The molecule has 136 valence electrons. The van der Waals surface area contributed by atoms with Crippen LogP contribution in [-0.4, -0.2) is 11.9 Å². The lowest BCUT2D eigenvalue weighted by Gasteiger charge is -2.19. The SMILES string of the molecule is O=C(c1ccccc1)[C@H]1Oc2ccc3ccccc3c2[C@@H]1c1ccc(Cl)cc1. The van der Waals surface area contributed by atoms with Gasteiger partial charge in [0.05, 0.1) is 5.92 Å². The van der Waals surface area contributed by atoms with Gasteiger partial charge in [-0.3, -0.25) is 4.79 Å². The van der Waals surface area contributed by atoms with Gasteiger partial charge in [-0.1, -0.05) is 84.4 Å². The summed E-state index contributed by atoms with van der Waals surface area (Å²) in [4.78, 5) is 13.4. The minimum absolute atomic E-state index is 0.0131. The number of benzene rings is 4. The summed E-state index contributed by atoms with van der Waals surface area (Å²) < 4.78 is 6.25. The Bertz CT molecular complexity index is 1170. The van der Waals surface area contributed by atoms with E-state index >= 15 is 0 Å². The summed E-state index contributed by atoms with van der Waals surface area (Å²) in [6, 6.07) is 29.3. The molecule has 0 N–H and O–H groups in total. The van der Waals surface area contributed by atoms with Gasteiger partial charge in [0.2, 0.25) is 5.78 Å².